The zero-order valence-electron chi connectivity index (χ0n) is 16.0. The summed E-state index contributed by atoms with van der Waals surface area (Å²) in [4.78, 5) is 51.5. The molecule has 9 heteroatoms. The highest BCUT2D eigenvalue weighted by Gasteiger charge is 2.55. The van der Waals surface area contributed by atoms with Crippen LogP contribution in [0.3, 0.4) is 0 Å². The van der Waals surface area contributed by atoms with Crippen LogP contribution in [-0.4, -0.2) is 65.4 Å². The van der Waals surface area contributed by atoms with Gasteiger partial charge in [0.1, 0.15) is 12.1 Å². The maximum Gasteiger partial charge on any atom is 0.327 e. The molecule has 1 heterocycles. The second kappa shape index (κ2) is 8.37. The molecule has 0 unspecified atom stereocenters. The second-order valence-electron chi connectivity index (χ2n) is 7.24. The molecule has 4 amide bonds. The first-order chi connectivity index (χ1) is 12.7. The first kappa shape index (κ1) is 20.7. The molecule has 1 aliphatic carbocycles. The highest BCUT2D eigenvalue weighted by molar-refractivity contribution is 6.09. The molecule has 9 nitrogen and oxygen atoms in total. The van der Waals surface area contributed by atoms with E-state index in [4.69, 9.17) is 10.00 Å². The topological polar surface area (TPSA) is 120 Å². The van der Waals surface area contributed by atoms with E-state index in [1.165, 1.54) is 18.9 Å². The van der Waals surface area contributed by atoms with Crippen molar-refractivity contribution in [3.63, 3.8) is 0 Å². The fourth-order valence-corrected chi connectivity index (χ4v) is 3.69. The lowest BCUT2D eigenvalue weighted by atomic mass is 9.73. The molecule has 0 aromatic carbocycles. The van der Waals surface area contributed by atoms with Crippen molar-refractivity contribution in [2.45, 2.75) is 57.6 Å². The van der Waals surface area contributed by atoms with Crippen molar-refractivity contribution in [3.05, 3.63) is 0 Å². The van der Waals surface area contributed by atoms with E-state index in [0.717, 1.165) is 24.2 Å². The van der Waals surface area contributed by atoms with Gasteiger partial charge in [0.15, 0.2) is 6.10 Å². The number of nitrogens with zero attached hydrogens (tertiary/aromatic N) is 3. The van der Waals surface area contributed by atoms with E-state index >= 15 is 0 Å². The Morgan fingerprint density at radius 3 is 2.78 bits per heavy atom. The smallest absolute Gasteiger partial charge is 0.327 e. The molecule has 1 saturated heterocycles. The van der Waals surface area contributed by atoms with Gasteiger partial charge in [-0.05, 0) is 25.7 Å². The zero-order valence-corrected chi connectivity index (χ0v) is 16.0. The quantitative estimate of drug-likeness (QED) is 0.539. The molecule has 2 aliphatic rings. The minimum atomic E-state index is -1.07. The van der Waals surface area contributed by atoms with Crippen molar-refractivity contribution in [2.75, 3.05) is 20.1 Å². The summed E-state index contributed by atoms with van der Waals surface area (Å²) in [5.41, 5.74) is -0.936. The lowest BCUT2D eigenvalue weighted by molar-refractivity contribution is -0.160. The van der Waals surface area contributed by atoms with Gasteiger partial charge in [-0.3, -0.25) is 19.3 Å². The highest BCUT2D eigenvalue weighted by atomic mass is 16.5. The number of hydrogen-bond donors (Lipinski definition) is 1. The largest absolute Gasteiger partial charge is 0.451 e. The van der Waals surface area contributed by atoms with Crippen LogP contribution in [0.2, 0.25) is 0 Å². The number of nitrogens with one attached hydrogen (secondary N) is 1. The van der Waals surface area contributed by atoms with E-state index in [1.54, 1.807) is 0 Å². The molecule has 148 valence electrons. The molecule has 2 rings (SSSR count). The Morgan fingerprint density at radius 1 is 1.44 bits per heavy atom. The molecule has 27 heavy (non-hydrogen) atoms. The molecule has 3 atom stereocenters. The van der Waals surface area contributed by atoms with E-state index < -0.39 is 42.0 Å². The fraction of sp³-hybridized carbons (Fsp3) is 0.722. The Balaban J connectivity index is 1.95. The summed E-state index contributed by atoms with van der Waals surface area (Å²) < 4.78 is 5.09. The number of imide groups is 1. The van der Waals surface area contributed by atoms with Crippen LogP contribution in [0.25, 0.3) is 0 Å². The average Bonchev–Trinajstić information content (AvgIpc) is 2.86. The van der Waals surface area contributed by atoms with Crippen molar-refractivity contribution in [2.24, 2.45) is 5.92 Å². The Hall–Kier alpha value is -2.63. The predicted octanol–water partition coefficient (Wildman–Crippen LogP) is 0.791. The van der Waals surface area contributed by atoms with E-state index in [0.29, 0.717) is 6.42 Å². The van der Waals surface area contributed by atoms with Gasteiger partial charge < -0.3 is 15.0 Å². The summed E-state index contributed by atoms with van der Waals surface area (Å²) in [6.07, 6.45) is 2.35. The van der Waals surface area contributed by atoms with Crippen LogP contribution in [-0.2, 0) is 19.1 Å². The van der Waals surface area contributed by atoms with E-state index in [1.807, 2.05) is 13.0 Å². The maximum atomic E-state index is 12.8. The first-order valence-electron chi connectivity index (χ1n) is 9.18. The Morgan fingerprint density at radius 2 is 2.15 bits per heavy atom. The minimum absolute atomic E-state index is 0.00185. The standard InChI is InChI=1S/C18H26N4O5/c1-12-7-4-5-8-18(12)16(25)22(17(26)20-18)11-14(23)27-13(2)15(24)21(3)10-6-9-19/h12-13H,4-8,10-11H2,1-3H3,(H,20,26)/t12-,13+,18+/m1/s1. The molecule has 2 fully saturated rings. The van der Waals surface area contributed by atoms with Gasteiger partial charge in [-0.1, -0.05) is 19.8 Å². The molecule has 0 aromatic rings. The Kier molecular flexibility index (Phi) is 6.41. The van der Waals surface area contributed by atoms with Gasteiger partial charge in [0, 0.05) is 13.6 Å². The third-order valence-corrected chi connectivity index (χ3v) is 5.38. The number of amides is 4. The van der Waals surface area contributed by atoms with Gasteiger partial charge >= 0.3 is 12.0 Å². The van der Waals surface area contributed by atoms with Gasteiger partial charge in [0.05, 0.1) is 12.5 Å². The first-order valence-corrected chi connectivity index (χ1v) is 9.18. The van der Waals surface area contributed by atoms with Crippen molar-refractivity contribution in [3.8, 4) is 6.07 Å². The van der Waals surface area contributed by atoms with Crippen molar-refractivity contribution in [1.29, 1.82) is 5.26 Å². The van der Waals surface area contributed by atoms with Crippen molar-refractivity contribution < 1.29 is 23.9 Å². The number of urea groups is 1. The maximum absolute atomic E-state index is 12.8. The van der Waals surface area contributed by atoms with Crippen LogP contribution in [0.15, 0.2) is 0 Å². The third kappa shape index (κ3) is 4.21. The van der Waals surface area contributed by atoms with Crippen LogP contribution in [0.4, 0.5) is 4.79 Å². The molecule has 1 saturated carbocycles. The SMILES string of the molecule is C[C@H](OC(=O)CN1C(=O)N[C@]2(CCCC[C@H]2C)C1=O)C(=O)N(C)CCC#N. The van der Waals surface area contributed by atoms with Gasteiger partial charge in [0.25, 0.3) is 11.8 Å². The molecule has 0 aromatic heterocycles. The van der Waals surface area contributed by atoms with Crippen LogP contribution in [0.1, 0.15) is 46.0 Å². The number of likely N-dealkylation sites (N-methyl/N-ethyl adjacent to an activating group) is 1. The lowest BCUT2D eigenvalue weighted by Crippen LogP contribution is -2.54. The molecule has 0 radical (unpaired) electrons. The van der Waals surface area contributed by atoms with Crippen molar-refractivity contribution >= 4 is 23.8 Å². The van der Waals surface area contributed by atoms with E-state index in [9.17, 15) is 19.2 Å². The summed E-state index contributed by atoms with van der Waals surface area (Å²) in [5, 5.41) is 11.3. The van der Waals surface area contributed by atoms with Crippen LogP contribution < -0.4 is 5.32 Å². The summed E-state index contributed by atoms with van der Waals surface area (Å²) in [6.45, 7) is 3.04. The van der Waals surface area contributed by atoms with Crippen LogP contribution in [0.5, 0.6) is 0 Å². The number of esters is 1. The van der Waals surface area contributed by atoms with E-state index in [2.05, 4.69) is 5.32 Å². The van der Waals surface area contributed by atoms with Crippen LogP contribution in [0, 0.1) is 17.2 Å². The number of hydrogen-bond acceptors (Lipinski definition) is 6. The zero-order chi connectivity index (χ0) is 20.2. The number of nitriles is 1. The second-order valence-corrected chi connectivity index (χ2v) is 7.24. The van der Waals surface area contributed by atoms with Gasteiger partial charge in [0.2, 0.25) is 0 Å². The Labute approximate surface area is 158 Å². The van der Waals surface area contributed by atoms with Crippen molar-refractivity contribution in [1.82, 2.24) is 15.1 Å². The molecular formula is C18H26N4O5. The number of carbonyl (C=O) groups excluding carboxylic acids is 4. The molecule has 1 N–H and O–H groups in total. The molecule has 0 bridgehead atoms. The summed E-state index contributed by atoms with van der Waals surface area (Å²) in [7, 11) is 1.51. The fourth-order valence-electron chi connectivity index (χ4n) is 3.69. The summed E-state index contributed by atoms with van der Waals surface area (Å²) in [5.74, 6) is -1.68. The molecular weight excluding hydrogens is 352 g/mol. The van der Waals surface area contributed by atoms with Gasteiger partial charge in [-0.25, -0.2) is 4.79 Å². The summed E-state index contributed by atoms with van der Waals surface area (Å²) >= 11 is 0. The van der Waals surface area contributed by atoms with Crippen LogP contribution >= 0.6 is 0 Å². The lowest BCUT2D eigenvalue weighted by Gasteiger charge is -2.36. The van der Waals surface area contributed by atoms with Gasteiger partial charge in [-0.2, -0.15) is 5.26 Å². The number of carbonyl (C=O) groups is 4. The van der Waals surface area contributed by atoms with E-state index in [-0.39, 0.29) is 18.9 Å². The monoisotopic (exact) mass is 378 g/mol. The number of rotatable bonds is 6. The predicted molar refractivity (Wildman–Crippen MR) is 94.0 cm³/mol. The molecule has 1 aliphatic heterocycles. The highest BCUT2D eigenvalue weighted by Crippen LogP contribution is 2.38. The average molecular weight is 378 g/mol. The molecule has 1 spiro atoms. The van der Waals surface area contributed by atoms with Gasteiger partial charge in [-0.15, -0.1) is 0 Å². The Bertz CT molecular complexity index is 673. The minimum Gasteiger partial charge on any atom is -0.451 e. The summed E-state index contributed by atoms with van der Waals surface area (Å²) in [6, 6.07) is 1.33. The normalized spacial score (nSPS) is 25.7. The third-order valence-electron chi connectivity index (χ3n) is 5.38. The number of ether oxygens (including phenoxy) is 1.